The molecule has 2 aliphatic heterocycles. The highest BCUT2D eigenvalue weighted by Gasteiger charge is 2.44. The van der Waals surface area contributed by atoms with Crippen LogP contribution in [0.3, 0.4) is 0 Å². The van der Waals surface area contributed by atoms with Crippen molar-refractivity contribution in [3.05, 3.63) is 47.2 Å². The highest BCUT2D eigenvalue weighted by atomic mass is 16.7. The quantitative estimate of drug-likeness (QED) is 0.293. The van der Waals surface area contributed by atoms with E-state index in [0.717, 1.165) is 0 Å². The van der Waals surface area contributed by atoms with Crippen LogP contribution in [0.4, 0.5) is 0 Å². The highest BCUT2D eigenvalue weighted by molar-refractivity contribution is 5.69. The summed E-state index contributed by atoms with van der Waals surface area (Å²) in [4.78, 5) is 0. The molecule has 2 heterocycles. The summed E-state index contributed by atoms with van der Waals surface area (Å²) in [5.74, 6) is -1.30. The molecule has 0 radical (unpaired) electrons. The minimum absolute atomic E-state index is 0.0346. The Morgan fingerprint density at radius 2 is 1.59 bits per heavy atom. The predicted octanol–water partition coefficient (Wildman–Crippen LogP) is 0.0147. The number of phenols is 3. The van der Waals surface area contributed by atoms with Gasteiger partial charge in [0.1, 0.15) is 47.4 Å². The normalized spacial score (nSPS) is 29.6. The molecule has 2 aromatic carbocycles. The zero-order chi connectivity index (χ0) is 23.2. The summed E-state index contributed by atoms with van der Waals surface area (Å²) >= 11 is 0. The molecule has 0 aliphatic carbocycles. The molecule has 8 N–H and O–H groups in total. The molecule has 11 heteroatoms. The van der Waals surface area contributed by atoms with Crippen molar-refractivity contribution in [3.63, 3.8) is 0 Å². The largest absolute Gasteiger partial charge is 0.508 e. The van der Waals surface area contributed by atoms with Crippen molar-refractivity contribution < 1.29 is 55.1 Å². The number of benzene rings is 2. The number of fused-ring (bicyclic) bond motifs is 1. The average molecular weight is 450 g/mol. The number of rotatable bonds is 4. The number of phenolic OH excluding ortho intramolecular Hbond substituents is 3. The van der Waals surface area contributed by atoms with Gasteiger partial charge in [-0.05, 0) is 18.2 Å². The fourth-order valence-electron chi connectivity index (χ4n) is 3.55. The Bertz CT molecular complexity index is 1030. The minimum atomic E-state index is -1.65. The number of ether oxygens (including phenoxy) is 3. The third kappa shape index (κ3) is 3.87. The summed E-state index contributed by atoms with van der Waals surface area (Å²) in [5, 5.41) is 79.1. The maximum Gasteiger partial charge on any atom is 0.229 e. The van der Waals surface area contributed by atoms with Crippen LogP contribution in [0.1, 0.15) is 17.2 Å². The van der Waals surface area contributed by atoms with E-state index in [9.17, 15) is 40.9 Å². The molecule has 6 atom stereocenters. The molecule has 0 saturated carbocycles. The van der Waals surface area contributed by atoms with Crippen molar-refractivity contribution in [2.45, 2.75) is 36.8 Å². The van der Waals surface area contributed by atoms with Crippen molar-refractivity contribution in [1.29, 1.82) is 0 Å². The molecular weight excluding hydrogens is 428 g/mol. The fraction of sp³-hybridized carbons (Fsp3) is 0.333. The molecule has 0 bridgehead atoms. The van der Waals surface area contributed by atoms with Crippen LogP contribution < -0.4 is 9.47 Å². The topological polar surface area (TPSA) is 190 Å². The lowest BCUT2D eigenvalue weighted by Crippen LogP contribution is -2.60. The molecule has 32 heavy (non-hydrogen) atoms. The molecule has 2 aliphatic rings. The van der Waals surface area contributed by atoms with Crippen molar-refractivity contribution in [2.24, 2.45) is 0 Å². The summed E-state index contributed by atoms with van der Waals surface area (Å²) in [6.45, 7) is -0.630. The Labute approximate surface area is 181 Å². The summed E-state index contributed by atoms with van der Waals surface area (Å²) in [7, 11) is 0. The summed E-state index contributed by atoms with van der Waals surface area (Å²) in [6.07, 6.45) is -7.28. The van der Waals surface area contributed by atoms with Gasteiger partial charge in [-0.25, -0.2) is 0 Å². The third-order valence-electron chi connectivity index (χ3n) is 5.30. The van der Waals surface area contributed by atoms with E-state index < -0.39 is 49.2 Å². The molecule has 4 rings (SSSR count). The fourth-order valence-corrected chi connectivity index (χ4v) is 3.55. The van der Waals surface area contributed by atoms with E-state index in [1.165, 1.54) is 36.4 Å². The van der Waals surface area contributed by atoms with Crippen molar-refractivity contribution in [1.82, 2.24) is 0 Å². The number of aromatic hydroxyl groups is 3. The highest BCUT2D eigenvalue weighted by Crippen LogP contribution is 2.44. The van der Waals surface area contributed by atoms with Gasteiger partial charge in [0, 0.05) is 17.7 Å². The number of hydrogen-bond acceptors (Lipinski definition) is 11. The summed E-state index contributed by atoms with van der Waals surface area (Å²) < 4.78 is 16.6. The average Bonchev–Trinajstić information content (AvgIpc) is 2.76. The second-order valence-corrected chi connectivity index (χ2v) is 7.48. The zero-order valence-electron chi connectivity index (χ0n) is 16.4. The van der Waals surface area contributed by atoms with Crippen molar-refractivity contribution in [3.8, 4) is 28.7 Å². The molecule has 0 spiro atoms. The van der Waals surface area contributed by atoms with Gasteiger partial charge in [0.05, 0.1) is 12.2 Å². The number of aliphatic hydroxyl groups is 5. The second kappa shape index (κ2) is 8.37. The molecule has 0 amide bonds. The first-order chi connectivity index (χ1) is 15.2. The lowest BCUT2D eigenvalue weighted by atomic mass is 9.99. The van der Waals surface area contributed by atoms with Gasteiger partial charge >= 0.3 is 0 Å². The Hall–Kier alpha value is -3.22. The van der Waals surface area contributed by atoms with Crippen LogP contribution in [-0.4, -0.2) is 78.2 Å². The van der Waals surface area contributed by atoms with Gasteiger partial charge in [-0.15, -0.1) is 0 Å². The van der Waals surface area contributed by atoms with Crippen LogP contribution in [0.15, 0.2) is 36.1 Å². The first-order valence-electron chi connectivity index (χ1n) is 9.63. The van der Waals surface area contributed by atoms with E-state index in [1.54, 1.807) is 0 Å². The van der Waals surface area contributed by atoms with Gasteiger partial charge in [-0.2, -0.15) is 0 Å². The van der Waals surface area contributed by atoms with Crippen molar-refractivity contribution >= 4 is 6.08 Å². The maximum atomic E-state index is 10.4. The lowest BCUT2D eigenvalue weighted by molar-refractivity contribution is -0.277. The Balaban J connectivity index is 1.61. The molecule has 172 valence electrons. The van der Waals surface area contributed by atoms with Gasteiger partial charge in [0.2, 0.25) is 6.29 Å². The van der Waals surface area contributed by atoms with E-state index in [2.05, 4.69) is 0 Å². The van der Waals surface area contributed by atoms with Crippen LogP contribution >= 0.6 is 0 Å². The van der Waals surface area contributed by atoms with Gasteiger partial charge < -0.3 is 55.1 Å². The van der Waals surface area contributed by atoms with Crippen LogP contribution in [0.2, 0.25) is 0 Å². The Morgan fingerprint density at radius 1 is 0.844 bits per heavy atom. The van der Waals surface area contributed by atoms with Gasteiger partial charge in [-0.1, -0.05) is 6.07 Å². The molecule has 11 nitrogen and oxygen atoms in total. The Kier molecular flexibility index (Phi) is 5.75. The van der Waals surface area contributed by atoms with E-state index >= 15 is 0 Å². The Morgan fingerprint density at radius 3 is 2.28 bits per heavy atom. The molecule has 2 aromatic rings. The van der Waals surface area contributed by atoms with Gasteiger partial charge in [0.15, 0.2) is 17.6 Å². The van der Waals surface area contributed by atoms with Gasteiger partial charge in [-0.3, -0.25) is 0 Å². The SMILES string of the molecule is OCC1OC(Oc2cc(O)c3c(c2)OC(c2ccc(O)c(O)c2)C(O)=C3)C(O)C(O)C1O. The number of hydrogen-bond donors (Lipinski definition) is 8. The summed E-state index contributed by atoms with van der Waals surface area (Å²) in [5.41, 5.74) is 0.461. The minimum Gasteiger partial charge on any atom is -0.508 e. The molecule has 6 unspecified atom stereocenters. The van der Waals surface area contributed by atoms with E-state index in [-0.39, 0.29) is 34.3 Å². The van der Waals surface area contributed by atoms with Crippen LogP contribution in [0.5, 0.6) is 28.7 Å². The smallest absolute Gasteiger partial charge is 0.229 e. The summed E-state index contributed by atoms with van der Waals surface area (Å²) in [6, 6.07) is 6.38. The van der Waals surface area contributed by atoms with E-state index in [1.807, 2.05) is 0 Å². The van der Waals surface area contributed by atoms with E-state index in [0.29, 0.717) is 5.56 Å². The van der Waals surface area contributed by atoms with Crippen LogP contribution in [0, 0.1) is 0 Å². The second-order valence-electron chi connectivity index (χ2n) is 7.48. The van der Waals surface area contributed by atoms with Crippen LogP contribution in [-0.2, 0) is 4.74 Å². The third-order valence-corrected chi connectivity index (χ3v) is 5.30. The monoisotopic (exact) mass is 450 g/mol. The maximum absolute atomic E-state index is 10.4. The predicted molar refractivity (Wildman–Crippen MR) is 106 cm³/mol. The van der Waals surface area contributed by atoms with Crippen molar-refractivity contribution in [2.75, 3.05) is 6.61 Å². The molecular formula is C21H22O11. The van der Waals surface area contributed by atoms with Crippen LogP contribution in [0.25, 0.3) is 6.08 Å². The number of aliphatic hydroxyl groups excluding tert-OH is 5. The molecule has 1 fully saturated rings. The lowest BCUT2D eigenvalue weighted by Gasteiger charge is -2.39. The molecule has 0 aromatic heterocycles. The van der Waals surface area contributed by atoms with Gasteiger partial charge in [0.25, 0.3) is 0 Å². The zero-order valence-corrected chi connectivity index (χ0v) is 16.4. The first kappa shape index (κ1) is 22.0. The standard InChI is InChI=1S/C21H22O11/c22-7-16-17(27)18(28)19(29)21(32-16)30-9-4-12(24)10-6-14(26)20(31-15(10)5-9)8-1-2-11(23)13(25)3-8/h1-6,16-29H,7H2. The molecule has 1 saturated heterocycles. The van der Waals surface area contributed by atoms with E-state index in [4.69, 9.17) is 14.2 Å². The first-order valence-corrected chi connectivity index (χ1v) is 9.63.